The van der Waals surface area contributed by atoms with E-state index in [0.717, 1.165) is 55.6 Å². The standard InChI is InChI=1S/C18H22N6O2/c25-18-20-14-11-12(5-6-15(14)24(18)13-3-1-2-4-13)16-21-17(22-26-16)23-9-7-19-8-10-23/h5-6,11,13,19H,1-4,7-10H2,(H,20,25). The van der Waals surface area contributed by atoms with E-state index in [1.54, 1.807) is 0 Å². The maximum atomic E-state index is 12.4. The van der Waals surface area contributed by atoms with Crippen LogP contribution in [0.1, 0.15) is 31.7 Å². The molecule has 0 bridgehead atoms. The molecular formula is C18H22N6O2. The molecule has 2 N–H and O–H groups in total. The van der Waals surface area contributed by atoms with Gasteiger partial charge < -0.3 is 19.7 Å². The van der Waals surface area contributed by atoms with E-state index in [1.807, 2.05) is 22.8 Å². The Morgan fingerprint density at radius 1 is 1.15 bits per heavy atom. The molecule has 0 radical (unpaired) electrons. The Hall–Kier alpha value is -2.61. The van der Waals surface area contributed by atoms with Crippen LogP contribution < -0.4 is 15.9 Å². The summed E-state index contributed by atoms with van der Waals surface area (Å²) in [4.78, 5) is 22.1. The molecule has 2 aromatic heterocycles. The van der Waals surface area contributed by atoms with E-state index in [9.17, 15) is 4.79 Å². The Morgan fingerprint density at radius 3 is 2.77 bits per heavy atom. The number of aromatic amines is 1. The molecule has 1 saturated carbocycles. The molecule has 136 valence electrons. The van der Waals surface area contributed by atoms with Crippen LogP contribution in [0.15, 0.2) is 27.5 Å². The molecule has 8 heteroatoms. The van der Waals surface area contributed by atoms with Gasteiger partial charge in [-0.2, -0.15) is 4.98 Å². The molecule has 5 rings (SSSR count). The first-order valence-corrected chi connectivity index (χ1v) is 9.33. The Labute approximate surface area is 150 Å². The maximum Gasteiger partial charge on any atom is 0.326 e. The third-order valence-corrected chi connectivity index (χ3v) is 5.47. The molecule has 0 amide bonds. The molecule has 8 nitrogen and oxygen atoms in total. The highest BCUT2D eigenvalue weighted by Gasteiger charge is 2.22. The third kappa shape index (κ3) is 2.61. The molecule has 3 aromatic rings. The molecule has 1 aliphatic heterocycles. The Bertz CT molecular complexity index is 975. The first kappa shape index (κ1) is 15.6. The highest BCUT2D eigenvalue weighted by molar-refractivity contribution is 5.80. The minimum Gasteiger partial charge on any atom is -0.336 e. The van der Waals surface area contributed by atoms with Gasteiger partial charge in [-0.15, -0.1) is 0 Å². The van der Waals surface area contributed by atoms with Crippen molar-refractivity contribution < 1.29 is 4.52 Å². The van der Waals surface area contributed by atoms with Gasteiger partial charge in [-0.3, -0.25) is 4.57 Å². The average molecular weight is 354 g/mol. The van der Waals surface area contributed by atoms with Gasteiger partial charge in [-0.05, 0) is 36.2 Å². The Morgan fingerprint density at radius 2 is 1.96 bits per heavy atom. The van der Waals surface area contributed by atoms with Crippen molar-refractivity contribution in [1.29, 1.82) is 0 Å². The summed E-state index contributed by atoms with van der Waals surface area (Å²) >= 11 is 0. The summed E-state index contributed by atoms with van der Waals surface area (Å²) in [6.07, 6.45) is 4.54. The van der Waals surface area contributed by atoms with Crippen LogP contribution in [0, 0.1) is 0 Å². The first-order valence-electron chi connectivity index (χ1n) is 9.33. The highest BCUT2D eigenvalue weighted by Crippen LogP contribution is 2.31. The smallest absolute Gasteiger partial charge is 0.326 e. The normalized spacial score (nSPS) is 18.8. The zero-order valence-corrected chi connectivity index (χ0v) is 14.6. The number of aromatic nitrogens is 4. The van der Waals surface area contributed by atoms with Crippen LogP contribution in [-0.4, -0.2) is 45.9 Å². The Kier molecular flexibility index (Phi) is 3.77. The van der Waals surface area contributed by atoms with Crippen molar-refractivity contribution in [3.05, 3.63) is 28.7 Å². The number of benzene rings is 1. The van der Waals surface area contributed by atoms with Gasteiger partial charge in [-0.25, -0.2) is 4.79 Å². The van der Waals surface area contributed by atoms with E-state index in [4.69, 9.17) is 4.52 Å². The zero-order chi connectivity index (χ0) is 17.5. The molecule has 2 fully saturated rings. The lowest BCUT2D eigenvalue weighted by Gasteiger charge is -2.25. The van der Waals surface area contributed by atoms with Crippen molar-refractivity contribution in [3.63, 3.8) is 0 Å². The maximum absolute atomic E-state index is 12.4. The van der Waals surface area contributed by atoms with Gasteiger partial charge in [-0.1, -0.05) is 12.8 Å². The van der Waals surface area contributed by atoms with Gasteiger partial charge >= 0.3 is 5.69 Å². The molecule has 1 aliphatic carbocycles. The van der Waals surface area contributed by atoms with E-state index < -0.39 is 0 Å². The van der Waals surface area contributed by atoms with E-state index in [2.05, 4.69) is 25.3 Å². The lowest BCUT2D eigenvalue weighted by atomic mass is 10.2. The van der Waals surface area contributed by atoms with Crippen LogP contribution in [0.5, 0.6) is 0 Å². The predicted octanol–water partition coefficient (Wildman–Crippen LogP) is 1.90. The number of nitrogens with zero attached hydrogens (tertiary/aromatic N) is 4. The third-order valence-electron chi connectivity index (χ3n) is 5.47. The molecule has 1 aromatic carbocycles. The van der Waals surface area contributed by atoms with Gasteiger partial charge in [0, 0.05) is 37.8 Å². The summed E-state index contributed by atoms with van der Waals surface area (Å²) in [5, 5.41) is 7.43. The van der Waals surface area contributed by atoms with Gasteiger partial charge in [0.15, 0.2) is 0 Å². The quantitative estimate of drug-likeness (QED) is 0.746. The number of fused-ring (bicyclic) bond motifs is 1. The predicted molar refractivity (Wildman–Crippen MR) is 98.4 cm³/mol. The van der Waals surface area contributed by atoms with E-state index in [1.165, 1.54) is 12.8 Å². The summed E-state index contributed by atoms with van der Waals surface area (Å²) in [7, 11) is 0. The number of H-pyrrole nitrogens is 1. The zero-order valence-electron chi connectivity index (χ0n) is 14.6. The van der Waals surface area contributed by atoms with Crippen molar-refractivity contribution >= 4 is 17.0 Å². The highest BCUT2D eigenvalue weighted by atomic mass is 16.5. The number of nitrogens with one attached hydrogen (secondary N) is 2. The summed E-state index contributed by atoms with van der Waals surface area (Å²) in [5.41, 5.74) is 2.57. The second-order valence-corrected chi connectivity index (χ2v) is 7.11. The number of imidazole rings is 1. The lowest BCUT2D eigenvalue weighted by molar-refractivity contribution is 0.427. The average Bonchev–Trinajstić information content (AvgIpc) is 3.41. The van der Waals surface area contributed by atoms with Crippen LogP contribution in [-0.2, 0) is 0 Å². The SMILES string of the molecule is O=c1[nH]c2cc(-c3nc(N4CCNCC4)no3)ccc2n1C1CCCC1. The van der Waals surface area contributed by atoms with Gasteiger partial charge in [0.2, 0.25) is 0 Å². The van der Waals surface area contributed by atoms with Crippen LogP contribution in [0.25, 0.3) is 22.5 Å². The summed E-state index contributed by atoms with van der Waals surface area (Å²) < 4.78 is 7.38. The summed E-state index contributed by atoms with van der Waals surface area (Å²) in [6.45, 7) is 3.59. The summed E-state index contributed by atoms with van der Waals surface area (Å²) in [6, 6.07) is 6.17. The molecule has 26 heavy (non-hydrogen) atoms. The lowest BCUT2D eigenvalue weighted by Crippen LogP contribution is -2.44. The minimum atomic E-state index is -0.0314. The Balaban J connectivity index is 1.48. The number of piperazine rings is 1. The van der Waals surface area contributed by atoms with E-state index in [0.29, 0.717) is 17.9 Å². The number of hydrogen-bond acceptors (Lipinski definition) is 6. The fourth-order valence-corrected chi connectivity index (χ4v) is 4.12. The van der Waals surface area contributed by atoms with Crippen LogP contribution in [0.2, 0.25) is 0 Å². The molecule has 1 saturated heterocycles. The molecule has 0 atom stereocenters. The first-order chi connectivity index (χ1) is 12.8. The topological polar surface area (TPSA) is 92.0 Å². The van der Waals surface area contributed by atoms with Crippen LogP contribution in [0.3, 0.4) is 0 Å². The van der Waals surface area contributed by atoms with Crippen molar-refractivity contribution in [2.24, 2.45) is 0 Å². The molecule has 0 unspecified atom stereocenters. The second kappa shape index (κ2) is 6.28. The van der Waals surface area contributed by atoms with Crippen molar-refractivity contribution in [2.45, 2.75) is 31.7 Å². The molecular weight excluding hydrogens is 332 g/mol. The molecule has 2 aliphatic rings. The second-order valence-electron chi connectivity index (χ2n) is 7.11. The largest absolute Gasteiger partial charge is 0.336 e. The fourth-order valence-electron chi connectivity index (χ4n) is 4.12. The van der Waals surface area contributed by atoms with Crippen molar-refractivity contribution in [3.8, 4) is 11.5 Å². The molecule has 3 heterocycles. The van der Waals surface area contributed by atoms with Crippen LogP contribution >= 0.6 is 0 Å². The van der Waals surface area contributed by atoms with Crippen molar-refractivity contribution in [2.75, 3.05) is 31.1 Å². The summed E-state index contributed by atoms with van der Waals surface area (Å²) in [5.74, 6) is 1.11. The van der Waals surface area contributed by atoms with Crippen LogP contribution in [0.4, 0.5) is 5.95 Å². The number of hydrogen-bond donors (Lipinski definition) is 2. The van der Waals surface area contributed by atoms with Gasteiger partial charge in [0.1, 0.15) is 0 Å². The number of rotatable bonds is 3. The monoisotopic (exact) mass is 354 g/mol. The van der Waals surface area contributed by atoms with Gasteiger partial charge in [0.25, 0.3) is 11.8 Å². The number of anilines is 1. The van der Waals surface area contributed by atoms with E-state index >= 15 is 0 Å². The minimum absolute atomic E-state index is 0.0314. The fraction of sp³-hybridized carbons (Fsp3) is 0.500. The molecule has 0 spiro atoms. The van der Waals surface area contributed by atoms with Crippen molar-refractivity contribution in [1.82, 2.24) is 25.0 Å². The van der Waals surface area contributed by atoms with Gasteiger partial charge in [0.05, 0.1) is 11.0 Å². The van der Waals surface area contributed by atoms with E-state index in [-0.39, 0.29) is 5.69 Å².